The Bertz CT molecular complexity index is 815. The standard InChI is InChI=1S/C15H9F2N3/c16-14(17)11-4-2-1-3-10(11)13-8-20-15-12(13)5-9(6-18)7-19-15/h1-5,7-8,14H,(H,19,20). The van der Waals surface area contributed by atoms with Crippen LogP contribution in [0.4, 0.5) is 8.78 Å². The van der Waals surface area contributed by atoms with Crippen LogP contribution < -0.4 is 0 Å². The van der Waals surface area contributed by atoms with Gasteiger partial charge in [0.15, 0.2) is 0 Å². The van der Waals surface area contributed by atoms with Crippen molar-refractivity contribution in [3.63, 3.8) is 0 Å². The molecule has 0 fully saturated rings. The van der Waals surface area contributed by atoms with Crippen LogP contribution in [-0.4, -0.2) is 9.97 Å². The van der Waals surface area contributed by atoms with Gasteiger partial charge in [-0.25, -0.2) is 13.8 Å². The number of pyridine rings is 1. The lowest BCUT2D eigenvalue weighted by Crippen LogP contribution is -1.89. The van der Waals surface area contributed by atoms with E-state index in [1.54, 1.807) is 30.5 Å². The van der Waals surface area contributed by atoms with Crippen LogP contribution in [0.5, 0.6) is 0 Å². The van der Waals surface area contributed by atoms with Gasteiger partial charge in [0.25, 0.3) is 6.43 Å². The minimum atomic E-state index is -2.55. The molecule has 98 valence electrons. The average Bonchev–Trinajstić information content (AvgIpc) is 2.89. The van der Waals surface area contributed by atoms with E-state index in [1.165, 1.54) is 12.3 Å². The molecule has 1 aromatic carbocycles. The molecule has 0 bridgehead atoms. The van der Waals surface area contributed by atoms with Gasteiger partial charge in [-0.3, -0.25) is 0 Å². The first-order valence-electron chi connectivity index (χ1n) is 5.95. The number of H-pyrrole nitrogens is 1. The number of nitrogens with one attached hydrogen (secondary N) is 1. The number of aromatic nitrogens is 2. The molecule has 0 aliphatic rings. The Balaban J connectivity index is 2.28. The Morgan fingerprint density at radius 2 is 2.00 bits per heavy atom. The highest BCUT2D eigenvalue weighted by Crippen LogP contribution is 2.34. The number of benzene rings is 1. The van der Waals surface area contributed by atoms with Gasteiger partial charge >= 0.3 is 0 Å². The number of fused-ring (bicyclic) bond motifs is 1. The number of rotatable bonds is 2. The topological polar surface area (TPSA) is 52.5 Å². The normalized spacial score (nSPS) is 10.9. The summed E-state index contributed by atoms with van der Waals surface area (Å²) in [7, 11) is 0. The van der Waals surface area contributed by atoms with Gasteiger partial charge in [0.2, 0.25) is 0 Å². The molecule has 3 aromatic rings. The van der Waals surface area contributed by atoms with E-state index in [0.29, 0.717) is 27.7 Å². The number of hydrogen-bond donors (Lipinski definition) is 1. The maximum absolute atomic E-state index is 13.1. The first-order valence-corrected chi connectivity index (χ1v) is 5.95. The molecule has 0 atom stereocenters. The van der Waals surface area contributed by atoms with Crippen LogP contribution in [0.25, 0.3) is 22.2 Å². The van der Waals surface area contributed by atoms with E-state index in [0.717, 1.165) is 0 Å². The van der Waals surface area contributed by atoms with Gasteiger partial charge in [0.1, 0.15) is 11.7 Å². The molecule has 0 aliphatic heterocycles. The van der Waals surface area contributed by atoms with Gasteiger partial charge < -0.3 is 4.98 Å². The summed E-state index contributed by atoms with van der Waals surface area (Å²) in [5.41, 5.74) is 2.01. The van der Waals surface area contributed by atoms with Crippen molar-refractivity contribution in [2.75, 3.05) is 0 Å². The molecule has 0 aliphatic carbocycles. The average molecular weight is 269 g/mol. The van der Waals surface area contributed by atoms with Gasteiger partial charge in [-0.05, 0) is 11.6 Å². The second-order valence-corrected chi connectivity index (χ2v) is 4.32. The van der Waals surface area contributed by atoms with E-state index in [4.69, 9.17) is 5.26 Å². The van der Waals surface area contributed by atoms with Crippen molar-refractivity contribution in [1.29, 1.82) is 5.26 Å². The molecule has 0 saturated carbocycles. The van der Waals surface area contributed by atoms with Crippen molar-refractivity contribution in [3.8, 4) is 17.2 Å². The minimum Gasteiger partial charge on any atom is -0.346 e. The van der Waals surface area contributed by atoms with Crippen LogP contribution >= 0.6 is 0 Å². The fourth-order valence-electron chi connectivity index (χ4n) is 2.22. The summed E-state index contributed by atoms with van der Waals surface area (Å²) in [6.07, 6.45) is 0.532. The maximum atomic E-state index is 13.1. The molecule has 0 saturated heterocycles. The summed E-state index contributed by atoms with van der Waals surface area (Å²) in [5.74, 6) is 0. The fraction of sp³-hybridized carbons (Fsp3) is 0.0667. The lowest BCUT2D eigenvalue weighted by molar-refractivity contribution is 0.152. The van der Waals surface area contributed by atoms with Crippen molar-refractivity contribution < 1.29 is 8.78 Å². The SMILES string of the molecule is N#Cc1cnc2[nH]cc(-c3ccccc3C(F)F)c2c1. The zero-order valence-corrected chi connectivity index (χ0v) is 10.3. The summed E-state index contributed by atoms with van der Waals surface area (Å²) in [6.45, 7) is 0. The second-order valence-electron chi connectivity index (χ2n) is 4.32. The zero-order chi connectivity index (χ0) is 14.1. The first kappa shape index (κ1) is 12.3. The number of nitriles is 1. The molecule has 2 heterocycles. The molecule has 0 radical (unpaired) electrons. The van der Waals surface area contributed by atoms with Crippen LogP contribution in [0, 0.1) is 11.3 Å². The largest absolute Gasteiger partial charge is 0.346 e. The molecular formula is C15H9F2N3. The molecule has 0 amide bonds. The lowest BCUT2D eigenvalue weighted by atomic mass is 9.99. The van der Waals surface area contributed by atoms with Crippen molar-refractivity contribution in [1.82, 2.24) is 9.97 Å². The van der Waals surface area contributed by atoms with Gasteiger partial charge in [-0.1, -0.05) is 24.3 Å². The molecule has 0 spiro atoms. The Morgan fingerprint density at radius 3 is 2.75 bits per heavy atom. The van der Waals surface area contributed by atoms with Crippen molar-refractivity contribution >= 4 is 11.0 Å². The predicted octanol–water partition coefficient (Wildman–Crippen LogP) is 4.04. The summed E-state index contributed by atoms with van der Waals surface area (Å²) in [5, 5.41) is 9.58. The van der Waals surface area contributed by atoms with E-state index >= 15 is 0 Å². The Hall–Kier alpha value is -2.74. The number of aromatic amines is 1. The molecule has 2 aromatic heterocycles. The van der Waals surface area contributed by atoms with Crippen molar-refractivity contribution in [3.05, 3.63) is 53.9 Å². The Labute approximate surface area is 113 Å². The molecular weight excluding hydrogens is 260 g/mol. The highest BCUT2D eigenvalue weighted by Gasteiger charge is 2.16. The predicted molar refractivity (Wildman–Crippen MR) is 71.2 cm³/mol. The third kappa shape index (κ3) is 1.91. The smallest absolute Gasteiger partial charge is 0.264 e. The van der Waals surface area contributed by atoms with Gasteiger partial charge in [0, 0.05) is 28.9 Å². The highest BCUT2D eigenvalue weighted by atomic mass is 19.3. The summed E-state index contributed by atoms with van der Waals surface area (Å²) < 4.78 is 26.2. The summed E-state index contributed by atoms with van der Waals surface area (Å²) >= 11 is 0. The quantitative estimate of drug-likeness (QED) is 0.763. The molecule has 1 N–H and O–H groups in total. The lowest BCUT2D eigenvalue weighted by Gasteiger charge is -2.07. The van der Waals surface area contributed by atoms with E-state index in [9.17, 15) is 8.78 Å². The fourth-order valence-corrected chi connectivity index (χ4v) is 2.22. The van der Waals surface area contributed by atoms with Gasteiger partial charge in [-0.2, -0.15) is 5.26 Å². The van der Waals surface area contributed by atoms with E-state index < -0.39 is 6.43 Å². The van der Waals surface area contributed by atoms with E-state index in [1.807, 2.05) is 6.07 Å². The van der Waals surface area contributed by atoms with Crippen molar-refractivity contribution in [2.45, 2.75) is 6.43 Å². The number of nitrogens with zero attached hydrogens (tertiary/aromatic N) is 2. The summed E-state index contributed by atoms with van der Waals surface area (Å²) in [6, 6.07) is 9.99. The molecule has 0 unspecified atom stereocenters. The minimum absolute atomic E-state index is 0.0317. The number of hydrogen-bond acceptors (Lipinski definition) is 2. The third-order valence-electron chi connectivity index (χ3n) is 3.15. The highest BCUT2D eigenvalue weighted by molar-refractivity contribution is 5.95. The van der Waals surface area contributed by atoms with Crippen LogP contribution in [0.15, 0.2) is 42.7 Å². The van der Waals surface area contributed by atoms with Crippen LogP contribution in [0.2, 0.25) is 0 Å². The zero-order valence-electron chi connectivity index (χ0n) is 10.3. The monoisotopic (exact) mass is 269 g/mol. The first-order chi connectivity index (χ1) is 9.70. The van der Waals surface area contributed by atoms with Crippen LogP contribution in [0.3, 0.4) is 0 Å². The van der Waals surface area contributed by atoms with Gasteiger partial charge in [-0.15, -0.1) is 0 Å². The van der Waals surface area contributed by atoms with Crippen LogP contribution in [0.1, 0.15) is 17.6 Å². The molecule has 3 rings (SSSR count). The number of halogens is 2. The Morgan fingerprint density at radius 1 is 1.20 bits per heavy atom. The van der Waals surface area contributed by atoms with E-state index in [-0.39, 0.29) is 5.56 Å². The molecule has 20 heavy (non-hydrogen) atoms. The second kappa shape index (κ2) is 4.74. The number of alkyl halides is 2. The summed E-state index contributed by atoms with van der Waals surface area (Å²) in [4.78, 5) is 7.05. The molecule has 3 nitrogen and oxygen atoms in total. The Kier molecular flexibility index (Phi) is 2.92. The third-order valence-corrected chi connectivity index (χ3v) is 3.15. The van der Waals surface area contributed by atoms with Gasteiger partial charge in [0.05, 0.1) is 5.56 Å². The molecule has 5 heteroatoms. The van der Waals surface area contributed by atoms with Crippen LogP contribution in [-0.2, 0) is 0 Å². The van der Waals surface area contributed by atoms with Crippen molar-refractivity contribution in [2.24, 2.45) is 0 Å². The van der Waals surface area contributed by atoms with E-state index in [2.05, 4.69) is 9.97 Å². The maximum Gasteiger partial charge on any atom is 0.264 e.